The number of carbonyl (C=O) groups is 1. The topological polar surface area (TPSA) is 38.8 Å². The van der Waals surface area contributed by atoms with Crippen molar-refractivity contribution in [3.05, 3.63) is 0 Å². The van der Waals surface area contributed by atoms with Gasteiger partial charge in [0.1, 0.15) is 0 Å². The highest BCUT2D eigenvalue weighted by Gasteiger charge is 2.58. The van der Waals surface area contributed by atoms with Crippen molar-refractivity contribution >= 4 is 5.97 Å². The fourth-order valence-corrected chi connectivity index (χ4v) is 2.49. The van der Waals surface area contributed by atoms with E-state index < -0.39 is 0 Å². The molecule has 0 aromatic heterocycles. The Hall–Kier alpha value is -0.570. The molecule has 3 nitrogen and oxygen atoms in total. The molecule has 4 unspecified atom stereocenters. The second-order valence-electron chi connectivity index (χ2n) is 4.47. The number of fused-ring (bicyclic) bond motifs is 1. The highest BCUT2D eigenvalue weighted by molar-refractivity contribution is 5.73. The van der Waals surface area contributed by atoms with E-state index in [-0.39, 0.29) is 17.5 Å². The lowest BCUT2D eigenvalue weighted by atomic mass is 9.75. The Labute approximate surface area is 78.4 Å². The van der Waals surface area contributed by atoms with Crippen molar-refractivity contribution in [1.82, 2.24) is 0 Å². The van der Waals surface area contributed by atoms with Crippen molar-refractivity contribution in [1.29, 1.82) is 0 Å². The summed E-state index contributed by atoms with van der Waals surface area (Å²) in [4.78, 5) is 11.4. The van der Waals surface area contributed by atoms with Crippen LogP contribution in [-0.4, -0.2) is 24.8 Å². The van der Waals surface area contributed by atoms with Gasteiger partial charge in [0.2, 0.25) is 0 Å². The zero-order chi connectivity index (χ0) is 9.64. The Morgan fingerprint density at radius 3 is 2.92 bits per heavy atom. The van der Waals surface area contributed by atoms with Gasteiger partial charge in [-0.15, -0.1) is 0 Å². The monoisotopic (exact) mass is 184 g/mol. The summed E-state index contributed by atoms with van der Waals surface area (Å²) in [6.45, 7) is 4.23. The predicted octanol–water partition coefficient (Wildman–Crippen LogP) is 1.36. The molecule has 3 heteroatoms. The molecule has 0 aromatic carbocycles. The van der Waals surface area contributed by atoms with Crippen molar-refractivity contribution in [2.45, 2.75) is 38.4 Å². The van der Waals surface area contributed by atoms with Crippen LogP contribution in [0.15, 0.2) is 0 Å². The fraction of sp³-hybridized carbons (Fsp3) is 0.900. The molecule has 0 N–H and O–H groups in total. The van der Waals surface area contributed by atoms with E-state index in [1.165, 1.54) is 7.11 Å². The van der Waals surface area contributed by atoms with Crippen LogP contribution in [0.5, 0.6) is 0 Å². The van der Waals surface area contributed by atoms with E-state index >= 15 is 0 Å². The molecule has 0 amide bonds. The molecule has 1 aliphatic heterocycles. The summed E-state index contributed by atoms with van der Waals surface area (Å²) < 4.78 is 10.3. The van der Waals surface area contributed by atoms with Crippen LogP contribution in [0.25, 0.3) is 0 Å². The van der Waals surface area contributed by atoms with Crippen molar-refractivity contribution in [2.24, 2.45) is 11.8 Å². The number of methoxy groups -OCH3 is 1. The highest BCUT2D eigenvalue weighted by atomic mass is 16.6. The first-order valence-electron chi connectivity index (χ1n) is 4.82. The normalized spacial score (nSPS) is 48.1. The highest BCUT2D eigenvalue weighted by Crippen LogP contribution is 2.51. The van der Waals surface area contributed by atoms with E-state index in [2.05, 4.69) is 13.8 Å². The summed E-state index contributed by atoms with van der Waals surface area (Å²) in [5.74, 6) is 0.354. The molecule has 4 atom stereocenters. The lowest BCUT2D eigenvalue weighted by Crippen LogP contribution is -2.33. The molecular weight excluding hydrogens is 168 g/mol. The van der Waals surface area contributed by atoms with Gasteiger partial charge in [-0.05, 0) is 25.7 Å². The Morgan fingerprint density at radius 1 is 1.62 bits per heavy atom. The number of hydrogen-bond acceptors (Lipinski definition) is 3. The molecule has 1 saturated heterocycles. The maximum atomic E-state index is 11.4. The molecule has 2 aliphatic rings. The minimum absolute atomic E-state index is 0.0468. The van der Waals surface area contributed by atoms with Crippen molar-refractivity contribution < 1.29 is 14.3 Å². The van der Waals surface area contributed by atoms with Crippen LogP contribution in [0.3, 0.4) is 0 Å². The Morgan fingerprint density at radius 2 is 2.31 bits per heavy atom. The second kappa shape index (κ2) is 2.71. The van der Waals surface area contributed by atoms with Gasteiger partial charge in [-0.1, -0.05) is 6.92 Å². The van der Waals surface area contributed by atoms with Crippen LogP contribution >= 0.6 is 0 Å². The molecule has 74 valence electrons. The molecular formula is C10H16O3. The summed E-state index contributed by atoms with van der Waals surface area (Å²) in [5, 5.41) is 0. The third kappa shape index (κ3) is 1.35. The SMILES string of the molecule is COC(=O)C1CC2OC2(C)CC1C. The summed E-state index contributed by atoms with van der Waals surface area (Å²) in [5.41, 5.74) is 0.0734. The zero-order valence-corrected chi connectivity index (χ0v) is 8.37. The van der Waals surface area contributed by atoms with E-state index in [9.17, 15) is 4.79 Å². The molecule has 1 heterocycles. The fourth-order valence-electron chi connectivity index (χ4n) is 2.49. The summed E-state index contributed by atoms with van der Waals surface area (Å²) in [6.07, 6.45) is 2.12. The molecule has 0 aromatic rings. The van der Waals surface area contributed by atoms with Gasteiger partial charge in [0, 0.05) is 0 Å². The number of ether oxygens (including phenoxy) is 2. The standard InChI is InChI=1S/C10H16O3/c1-6-5-10(2)8(13-10)4-7(6)9(11)12-3/h6-8H,4-5H2,1-3H3. The van der Waals surface area contributed by atoms with Crippen LogP contribution < -0.4 is 0 Å². The van der Waals surface area contributed by atoms with Gasteiger partial charge >= 0.3 is 5.97 Å². The third-order valence-electron chi connectivity index (χ3n) is 3.42. The third-order valence-corrected chi connectivity index (χ3v) is 3.42. The van der Waals surface area contributed by atoms with Gasteiger partial charge in [-0.25, -0.2) is 0 Å². The summed E-state index contributed by atoms with van der Waals surface area (Å²) >= 11 is 0. The summed E-state index contributed by atoms with van der Waals surface area (Å²) in [7, 11) is 1.45. The Balaban J connectivity index is 2.03. The van der Waals surface area contributed by atoms with Gasteiger partial charge < -0.3 is 9.47 Å². The molecule has 2 fully saturated rings. The average Bonchev–Trinajstić information content (AvgIpc) is 2.72. The van der Waals surface area contributed by atoms with Crippen molar-refractivity contribution in [2.75, 3.05) is 7.11 Å². The molecule has 13 heavy (non-hydrogen) atoms. The molecule has 1 saturated carbocycles. The zero-order valence-electron chi connectivity index (χ0n) is 8.37. The largest absolute Gasteiger partial charge is 0.469 e. The van der Waals surface area contributed by atoms with Gasteiger partial charge in [-0.2, -0.15) is 0 Å². The predicted molar refractivity (Wildman–Crippen MR) is 47.2 cm³/mol. The van der Waals surface area contributed by atoms with Gasteiger partial charge in [-0.3, -0.25) is 4.79 Å². The summed E-state index contributed by atoms with van der Waals surface area (Å²) in [6, 6.07) is 0. The second-order valence-corrected chi connectivity index (χ2v) is 4.47. The quantitative estimate of drug-likeness (QED) is 0.456. The smallest absolute Gasteiger partial charge is 0.309 e. The first-order valence-corrected chi connectivity index (χ1v) is 4.82. The van der Waals surface area contributed by atoms with E-state index in [0.717, 1.165) is 12.8 Å². The van der Waals surface area contributed by atoms with Crippen LogP contribution in [0.2, 0.25) is 0 Å². The molecule has 1 aliphatic carbocycles. The van der Waals surface area contributed by atoms with Crippen molar-refractivity contribution in [3.8, 4) is 0 Å². The molecule has 0 radical (unpaired) electrons. The van der Waals surface area contributed by atoms with E-state index in [4.69, 9.17) is 9.47 Å². The van der Waals surface area contributed by atoms with Crippen LogP contribution in [0.1, 0.15) is 26.7 Å². The van der Waals surface area contributed by atoms with Gasteiger partial charge in [0.25, 0.3) is 0 Å². The average molecular weight is 184 g/mol. The number of epoxide rings is 1. The van der Waals surface area contributed by atoms with Crippen molar-refractivity contribution in [3.63, 3.8) is 0 Å². The molecule has 0 bridgehead atoms. The first-order chi connectivity index (χ1) is 6.07. The lowest BCUT2D eigenvalue weighted by Gasteiger charge is -2.26. The van der Waals surface area contributed by atoms with E-state index in [1.807, 2.05) is 0 Å². The number of rotatable bonds is 1. The van der Waals surface area contributed by atoms with Crippen LogP contribution in [0, 0.1) is 11.8 Å². The minimum Gasteiger partial charge on any atom is -0.469 e. The maximum Gasteiger partial charge on any atom is 0.309 e. The van der Waals surface area contributed by atoms with E-state index in [1.54, 1.807) is 0 Å². The van der Waals surface area contributed by atoms with Gasteiger partial charge in [0.15, 0.2) is 0 Å². The number of hydrogen-bond donors (Lipinski definition) is 0. The van der Waals surface area contributed by atoms with Gasteiger partial charge in [0.05, 0.1) is 24.7 Å². The van der Waals surface area contributed by atoms with E-state index in [0.29, 0.717) is 12.0 Å². The molecule has 0 spiro atoms. The number of esters is 1. The Kier molecular flexibility index (Phi) is 1.88. The van der Waals surface area contributed by atoms with Crippen LogP contribution in [0.4, 0.5) is 0 Å². The van der Waals surface area contributed by atoms with Crippen LogP contribution in [-0.2, 0) is 14.3 Å². The Bertz CT molecular complexity index is 238. The lowest BCUT2D eigenvalue weighted by molar-refractivity contribution is -0.148. The first kappa shape index (κ1) is 9.00. The minimum atomic E-state index is -0.0787. The number of carbonyl (C=O) groups excluding carboxylic acids is 1. The maximum absolute atomic E-state index is 11.4. The molecule has 2 rings (SSSR count).